The van der Waals surface area contributed by atoms with Gasteiger partial charge >= 0.3 is 12.1 Å². The summed E-state index contributed by atoms with van der Waals surface area (Å²) in [6, 6.07) is 5.41. The molecule has 5 heterocycles. The van der Waals surface area contributed by atoms with Crippen molar-refractivity contribution in [3.63, 3.8) is 0 Å². The zero-order chi connectivity index (χ0) is 30.8. The van der Waals surface area contributed by atoms with Crippen LogP contribution in [0.4, 0.5) is 23.8 Å². The normalized spacial score (nSPS) is 23.0. The number of benzene rings is 2. The van der Waals surface area contributed by atoms with Crippen molar-refractivity contribution in [3.8, 4) is 23.0 Å². The minimum atomic E-state index is -1.36. The third-order valence-corrected chi connectivity index (χ3v) is 8.57. The van der Waals surface area contributed by atoms with Crippen molar-refractivity contribution >= 4 is 33.6 Å². The number of aromatic hydroxyl groups is 1. The first kappa shape index (κ1) is 28.4. The van der Waals surface area contributed by atoms with Gasteiger partial charge in [0.2, 0.25) is 0 Å². The Morgan fingerprint density at radius 2 is 2.07 bits per heavy atom. The number of alkyl carbamates (subject to hydrolysis) is 1. The maximum Gasteiger partial charge on any atom is 0.407 e. The van der Waals surface area contributed by atoms with E-state index < -0.39 is 35.0 Å². The SMILES string of the molecule is C[C@@]12C[C@@H](F)CN(C1)c1nc(OCC3(N)CC3)nc3c(F)c(ncc13)-c1cc(O)cc3ccc(F)c(c13)CCCOC(=O)N2. The second-order valence-electron chi connectivity index (χ2n) is 12.4. The standard InChI is InChI=1S/C31H31F3N6O4/c1-30-11-17(32)13-40(14-30)27-21-12-36-25(24(34)26(21)37-28(38-27)44-15-31(35)6-7-31)20-10-18(41)9-16-4-5-22(33)19(23(16)20)3-2-8-43-29(42)39-30/h4-5,9-10,12,17,41H,2-3,6-8,11,13-15,35H2,1H3,(H,39,42)/t17-,30-/m1/s1. The van der Waals surface area contributed by atoms with E-state index in [2.05, 4.69) is 20.3 Å². The molecule has 4 aliphatic rings. The Kier molecular flexibility index (Phi) is 6.68. The van der Waals surface area contributed by atoms with Crippen LogP contribution in [-0.2, 0) is 11.2 Å². The van der Waals surface area contributed by atoms with Gasteiger partial charge in [-0.15, -0.1) is 0 Å². The number of rotatable bonds is 3. The number of nitrogens with two attached hydrogens (primary N) is 1. The maximum atomic E-state index is 16.7. The molecule has 3 aliphatic heterocycles. The number of carbonyl (C=O) groups is 1. The number of phenolic OH excluding ortho intramolecular Hbond substituents is 1. The molecule has 1 aliphatic carbocycles. The van der Waals surface area contributed by atoms with E-state index in [1.54, 1.807) is 11.8 Å². The molecule has 0 radical (unpaired) electrons. The first-order valence-electron chi connectivity index (χ1n) is 14.6. The van der Waals surface area contributed by atoms with Gasteiger partial charge in [0.1, 0.15) is 41.4 Å². The van der Waals surface area contributed by atoms with Gasteiger partial charge in [0, 0.05) is 24.7 Å². The van der Waals surface area contributed by atoms with Crippen LogP contribution in [0.25, 0.3) is 32.9 Å². The Balaban J connectivity index is 1.47. The molecular formula is C31H31F3N6O4. The number of aryl methyl sites for hydroxylation is 1. The van der Waals surface area contributed by atoms with E-state index in [9.17, 15) is 9.90 Å². The average molecular weight is 609 g/mol. The number of nitrogens with one attached hydrogen (secondary N) is 1. The van der Waals surface area contributed by atoms with Gasteiger partial charge in [0.05, 0.1) is 29.6 Å². The molecule has 230 valence electrons. The number of alkyl halides is 1. The Labute approximate surface area is 250 Å². The number of fused-ring (bicyclic) bond motifs is 6. The van der Waals surface area contributed by atoms with Crippen molar-refractivity contribution < 1.29 is 32.5 Å². The van der Waals surface area contributed by atoms with Crippen LogP contribution in [0, 0.1) is 11.6 Å². The molecule has 1 saturated carbocycles. The predicted molar refractivity (Wildman–Crippen MR) is 156 cm³/mol. The second kappa shape index (κ2) is 10.4. The summed E-state index contributed by atoms with van der Waals surface area (Å²) in [6.45, 7) is 1.81. The van der Waals surface area contributed by atoms with Crippen molar-refractivity contribution in [2.75, 3.05) is 31.2 Å². The summed E-state index contributed by atoms with van der Waals surface area (Å²) in [7, 11) is 0. The molecule has 0 spiro atoms. The molecule has 2 atom stereocenters. The van der Waals surface area contributed by atoms with Crippen molar-refractivity contribution in [1.82, 2.24) is 20.3 Å². The Morgan fingerprint density at radius 3 is 2.86 bits per heavy atom. The number of phenols is 1. The molecule has 44 heavy (non-hydrogen) atoms. The topological polar surface area (TPSA) is 136 Å². The minimum absolute atomic E-state index is 0.0173. The Bertz CT molecular complexity index is 1820. The lowest BCUT2D eigenvalue weighted by Gasteiger charge is -2.42. The number of carbonyl (C=O) groups excluding carboxylic acids is 1. The van der Waals surface area contributed by atoms with Crippen molar-refractivity contribution in [2.45, 2.75) is 56.3 Å². The minimum Gasteiger partial charge on any atom is -0.508 e. The fraction of sp³-hybridized carbons (Fsp3) is 0.419. The quantitative estimate of drug-likeness (QED) is 0.303. The number of nitrogens with zero attached hydrogens (tertiary/aromatic N) is 4. The van der Waals surface area contributed by atoms with Crippen LogP contribution in [0.1, 0.15) is 38.2 Å². The summed E-state index contributed by atoms with van der Waals surface area (Å²) in [4.78, 5) is 27.8. The van der Waals surface area contributed by atoms with Crippen LogP contribution < -0.4 is 20.7 Å². The highest BCUT2D eigenvalue weighted by atomic mass is 19.1. The number of ether oxygens (including phenoxy) is 2. The number of amides is 1. The van der Waals surface area contributed by atoms with Gasteiger partial charge in [-0.3, -0.25) is 4.98 Å². The summed E-state index contributed by atoms with van der Waals surface area (Å²) >= 11 is 0. The number of piperidine rings is 1. The van der Waals surface area contributed by atoms with Gasteiger partial charge in [0.15, 0.2) is 5.82 Å². The third kappa shape index (κ3) is 5.18. The summed E-state index contributed by atoms with van der Waals surface area (Å²) in [5.74, 6) is -1.37. The molecular weight excluding hydrogens is 577 g/mol. The maximum absolute atomic E-state index is 16.7. The van der Waals surface area contributed by atoms with Gasteiger partial charge in [-0.1, -0.05) is 6.07 Å². The first-order valence-corrected chi connectivity index (χ1v) is 14.6. The van der Waals surface area contributed by atoms with E-state index in [1.807, 2.05) is 0 Å². The van der Waals surface area contributed by atoms with Crippen LogP contribution in [0.2, 0.25) is 0 Å². The molecule has 4 aromatic rings. The fourth-order valence-electron chi connectivity index (χ4n) is 6.25. The van der Waals surface area contributed by atoms with Crippen molar-refractivity contribution in [3.05, 3.63) is 47.7 Å². The van der Waals surface area contributed by atoms with Gasteiger partial charge in [-0.2, -0.15) is 9.97 Å². The average Bonchev–Trinajstić information content (AvgIpc) is 3.70. The smallest absolute Gasteiger partial charge is 0.407 e. The third-order valence-electron chi connectivity index (χ3n) is 8.57. The molecule has 2 aromatic carbocycles. The molecule has 1 amide bonds. The summed E-state index contributed by atoms with van der Waals surface area (Å²) in [5, 5.41) is 14.4. The molecule has 2 fully saturated rings. The van der Waals surface area contributed by atoms with E-state index in [4.69, 9.17) is 15.2 Å². The summed E-state index contributed by atoms with van der Waals surface area (Å²) in [6.07, 6.45) is 1.22. The van der Waals surface area contributed by atoms with Crippen molar-refractivity contribution in [2.24, 2.45) is 5.73 Å². The lowest BCUT2D eigenvalue weighted by molar-refractivity contribution is 0.120. The largest absolute Gasteiger partial charge is 0.508 e. The monoisotopic (exact) mass is 608 g/mol. The number of anilines is 1. The van der Waals surface area contributed by atoms with E-state index in [0.29, 0.717) is 10.8 Å². The molecule has 1 saturated heterocycles. The van der Waals surface area contributed by atoms with E-state index in [0.717, 1.165) is 12.8 Å². The van der Waals surface area contributed by atoms with Gasteiger partial charge in [-0.05, 0) is 67.1 Å². The van der Waals surface area contributed by atoms with Crippen molar-refractivity contribution in [1.29, 1.82) is 0 Å². The van der Waals surface area contributed by atoms with Crippen LogP contribution in [0.3, 0.4) is 0 Å². The van der Waals surface area contributed by atoms with Crippen LogP contribution in [-0.4, -0.2) is 69.7 Å². The fourth-order valence-corrected chi connectivity index (χ4v) is 6.25. The van der Waals surface area contributed by atoms with Crippen LogP contribution in [0.15, 0.2) is 30.5 Å². The number of aromatic nitrogens is 3. The zero-order valence-corrected chi connectivity index (χ0v) is 24.0. The Morgan fingerprint density at radius 1 is 1.25 bits per heavy atom. The molecule has 10 nitrogen and oxygen atoms in total. The molecule has 6 bridgehead atoms. The highest BCUT2D eigenvalue weighted by Crippen LogP contribution is 2.40. The van der Waals surface area contributed by atoms with Crippen LogP contribution >= 0.6 is 0 Å². The number of hydrogen-bond donors (Lipinski definition) is 3. The van der Waals surface area contributed by atoms with E-state index in [1.165, 1.54) is 30.5 Å². The molecule has 0 unspecified atom stereocenters. The van der Waals surface area contributed by atoms with Gasteiger partial charge in [0.25, 0.3) is 0 Å². The van der Waals surface area contributed by atoms with E-state index >= 15 is 13.2 Å². The zero-order valence-electron chi connectivity index (χ0n) is 24.0. The highest BCUT2D eigenvalue weighted by Gasteiger charge is 2.41. The van der Waals surface area contributed by atoms with E-state index in [-0.39, 0.29) is 90.9 Å². The Hall–Kier alpha value is -4.39. The summed E-state index contributed by atoms with van der Waals surface area (Å²) < 4.78 is 58.5. The second-order valence-corrected chi connectivity index (χ2v) is 12.4. The molecule has 13 heteroatoms. The predicted octanol–water partition coefficient (Wildman–Crippen LogP) is 4.68. The molecule has 8 rings (SSSR count). The lowest BCUT2D eigenvalue weighted by atomic mass is 9.90. The first-order chi connectivity index (χ1) is 21.0. The molecule has 2 aromatic heterocycles. The number of hydrogen-bond acceptors (Lipinski definition) is 9. The van der Waals surface area contributed by atoms with Crippen LogP contribution in [0.5, 0.6) is 11.8 Å². The molecule has 4 N–H and O–H groups in total. The van der Waals surface area contributed by atoms with Gasteiger partial charge in [-0.25, -0.2) is 18.0 Å². The van der Waals surface area contributed by atoms with Gasteiger partial charge < -0.3 is 30.5 Å². The number of halogens is 3. The summed E-state index contributed by atoms with van der Waals surface area (Å²) in [5.41, 5.74) is 4.73. The lowest BCUT2D eigenvalue weighted by Crippen LogP contribution is -2.60. The number of pyridine rings is 1. The highest BCUT2D eigenvalue weighted by molar-refractivity contribution is 6.01.